The Morgan fingerprint density at radius 3 is 2.50 bits per heavy atom. The molecule has 0 spiro atoms. The van der Waals surface area contributed by atoms with Gasteiger partial charge in [-0.1, -0.05) is 24.3 Å². The van der Waals surface area contributed by atoms with E-state index in [2.05, 4.69) is 0 Å². The van der Waals surface area contributed by atoms with Crippen LogP contribution in [0.25, 0.3) is 0 Å². The van der Waals surface area contributed by atoms with Crippen molar-refractivity contribution >= 4 is 5.97 Å². The number of carboxylic acid groups (broad SMARTS) is 1. The highest BCUT2D eigenvalue weighted by Crippen LogP contribution is 2.50. The van der Waals surface area contributed by atoms with Gasteiger partial charge in [-0.15, -0.1) is 0 Å². The number of aliphatic carboxylic acids is 1. The highest BCUT2D eigenvalue weighted by Gasteiger charge is 2.52. The number of ether oxygens (including phenoxy) is 1. The number of methoxy groups -OCH3 is 1. The van der Waals surface area contributed by atoms with Gasteiger partial charge in [0.25, 0.3) is 0 Å². The second kappa shape index (κ2) is 4.39. The Morgan fingerprint density at radius 1 is 1.39 bits per heavy atom. The number of carboxylic acids is 1. The zero-order chi connectivity index (χ0) is 13.4. The van der Waals surface area contributed by atoms with Crippen LogP contribution >= 0.6 is 0 Å². The largest absolute Gasteiger partial charge is 0.481 e. The minimum Gasteiger partial charge on any atom is -0.481 e. The van der Waals surface area contributed by atoms with Crippen LogP contribution in [0.15, 0.2) is 24.3 Å². The fourth-order valence-corrected chi connectivity index (χ4v) is 2.40. The standard InChI is InChI=1S/C15H20O3/c1-14(2,18-3)10-11-6-4-5-7-12(11)15(8-9-15)13(16)17/h4-7H,8-10H2,1-3H3,(H,16,17). The number of rotatable bonds is 5. The quantitative estimate of drug-likeness (QED) is 0.871. The first-order valence-corrected chi connectivity index (χ1v) is 6.28. The van der Waals surface area contributed by atoms with E-state index in [-0.39, 0.29) is 5.60 Å². The number of benzene rings is 1. The molecule has 0 unspecified atom stereocenters. The van der Waals surface area contributed by atoms with E-state index in [1.54, 1.807) is 7.11 Å². The summed E-state index contributed by atoms with van der Waals surface area (Å²) < 4.78 is 5.44. The Morgan fingerprint density at radius 2 is 2.00 bits per heavy atom. The van der Waals surface area contributed by atoms with Gasteiger partial charge >= 0.3 is 5.97 Å². The smallest absolute Gasteiger partial charge is 0.314 e. The first-order valence-electron chi connectivity index (χ1n) is 6.28. The molecule has 0 radical (unpaired) electrons. The van der Waals surface area contributed by atoms with Gasteiger partial charge in [-0.2, -0.15) is 0 Å². The third kappa shape index (κ3) is 2.27. The Labute approximate surface area is 108 Å². The molecule has 1 fully saturated rings. The average molecular weight is 248 g/mol. The molecule has 0 bridgehead atoms. The lowest BCUT2D eigenvalue weighted by atomic mass is 9.86. The Hall–Kier alpha value is -1.35. The van der Waals surface area contributed by atoms with E-state index in [0.717, 1.165) is 30.4 Å². The van der Waals surface area contributed by atoms with Crippen molar-refractivity contribution in [3.8, 4) is 0 Å². The highest BCUT2D eigenvalue weighted by atomic mass is 16.5. The summed E-state index contributed by atoms with van der Waals surface area (Å²) in [4.78, 5) is 11.4. The van der Waals surface area contributed by atoms with E-state index < -0.39 is 11.4 Å². The predicted molar refractivity (Wildman–Crippen MR) is 69.8 cm³/mol. The molecule has 18 heavy (non-hydrogen) atoms. The maximum absolute atomic E-state index is 11.4. The Bertz CT molecular complexity index is 459. The van der Waals surface area contributed by atoms with Crippen molar-refractivity contribution in [3.63, 3.8) is 0 Å². The fourth-order valence-electron chi connectivity index (χ4n) is 2.40. The fraction of sp³-hybridized carbons (Fsp3) is 0.533. The van der Waals surface area contributed by atoms with E-state index in [9.17, 15) is 9.90 Å². The second-order valence-corrected chi connectivity index (χ2v) is 5.68. The zero-order valence-corrected chi connectivity index (χ0v) is 11.2. The molecule has 0 heterocycles. The van der Waals surface area contributed by atoms with Crippen LogP contribution in [0.3, 0.4) is 0 Å². The molecular weight excluding hydrogens is 228 g/mol. The molecule has 0 amide bonds. The van der Waals surface area contributed by atoms with Crippen molar-refractivity contribution in [1.29, 1.82) is 0 Å². The molecule has 1 saturated carbocycles. The summed E-state index contributed by atoms with van der Waals surface area (Å²) in [5.41, 5.74) is 1.14. The van der Waals surface area contributed by atoms with Crippen molar-refractivity contribution in [2.45, 2.75) is 44.1 Å². The van der Waals surface area contributed by atoms with Crippen LogP contribution in [0.5, 0.6) is 0 Å². The van der Waals surface area contributed by atoms with Gasteiger partial charge in [0.15, 0.2) is 0 Å². The summed E-state index contributed by atoms with van der Waals surface area (Å²) in [6.45, 7) is 4.04. The predicted octanol–water partition coefficient (Wildman–Crippen LogP) is 2.77. The molecule has 0 saturated heterocycles. The van der Waals surface area contributed by atoms with Crippen molar-refractivity contribution in [3.05, 3.63) is 35.4 Å². The van der Waals surface area contributed by atoms with Gasteiger partial charge in [-0.25, -0.2) is 0 Å². The molecule has 0 atom stereocenters. The zero-order valence-electron chi connectivity index (χ0n) is 11.2. The minimum atomic E-state index is -0.704. The maximum Gasteiger partial charge on any atom is 0.314 e. The summed E-state index contributed by atoms with van der Waals surface area (Å²) in [7, 11) is 1.69. The van der Waals surface area contributed by atoms with E-state index in [1.165, 1.54) is 0 Å². The summed E-state index contributed by atoms with van der Waals surface area (Å²) >= 11 is 0. The third-order valence-corrected chi connectivity index (χ3v) is 3.86. The van der Waals surface area contributed by atoms with Crippen LogP contribution in [0, 0.1) is 0 Å². The second-order valence-electron chi connectivity index (χ2n) is 5.68. The molecule has 98 valence electrons. The molecule has 1 N–H and O–H groups in total. The van der Waals surface area contributed by atoms with E-state index >= 15 is 0 Å². The highest BCUT2D eigenvalue weighted by molar-refractivity contribution is 5.85. The molecule has 3 heteroatoms. The molecule has 2 rings (SSSR count). The topological polar surface area (TPSA) is 46.5 Å². The summed E-state index contributed by atoms with van der Waals surface area (Å²) in [6, 6.07) is 7.84. The molecule has 1 aliphatic carbocycles. The van der Waals surface area contributed by atoms with Crippen molar-refractivity contribution in [2.75, 3.05) is 7.11 Å². The van der Waals surface area contributed by atoms with E-state index in [4.69, 9.17) is 4.74 Å². The van der Waals surface area contributed by atoms with Gasteiger partial charge in [0, 0.05) is 13.5 Å². The van der Waals surface area contributed by atoms with Crippen molar-refractivity contribution in [1.82, 2.24) is 0 Å². The van der Waals surface area contributed by atoms with E-state index in [1.807, 2.05) is 38.1 Å². The van der Waals surface area contributed by atoms with Gasteiger partial charge in [0.1, 0.15) is 0 Å². The summed E-state index contributed by atoms with van der Waals surface area (Å²) in [5, 5.41) is 9.41. The van der Waals surface area contributed by atoms with Gasteiger partial charge in [-0.3, -0.25) is 4.79 Å². The molecule has 1 aliphatic rings. The molecule has 0 aromatic heterocycles. The first kappa shape index (κ1) is 13.1. The monoisotopic (exact) mass is 248 g/mol. The van der Waals surface area contributed by atoms with Crippen LogP contribution in [0.1, 0.15) is 37.8 Å². The summed E-state index contributed by atoms with van der Waals surface area (Å²) in [6.07, 6.45) is 2.22. The SMILES string of the molecule is COC(C)(C)Cc1ccccc1C1(C(=O)O)CC1. The average Bonchev–Trinajstić information content (AvgIpc) is 3.10. The van der Waals surface area contributed by atoms with Crippen LogP contribution in [0.4, 0.5) is 0 Å². The van der Waals surface area contributed by atoms with Crippen LogP contribution in [0.2, 0.25) is 0 Å². The molecule has 1 aromatic carbocycles. The van der Waals surface area contributed by atoms with Gasteiger partial charge in [0.2, 0.25) is 0 Å². The van der Waals surface area contributed by atoms with Crippen LogP contribution in [-0.2, 0) is 21.4 Å². The summed E-state index contributed by atoms with van der Waals surface area (Å²) in [5.74, 6) is -0.704. The van der Waals surface area contributed by atoms with Gasteiger partial charge < -0.3 is 9.84 Å². The lowest BCUT2D eigenvalue weighted by molar-refractivity contribution is -0.140. The van der Waals surface area contributed by atoms with Gasteiger partial charge in [-0.05, 0) is 37.8 Å². The van der Waals surface area contributed by atoms with Crippen LogP contribution in [-0.4, -0.2) is 23.8 Å². The van der Waals surface area contributed by atoms with Crippen LogP contribution < -0.4 is 0 Å². The molecular formula is C15H20O3. The minimum absolute atomic E-state index is 0.273. The Kier molecular flexibility index (Phi) is 3.20. The van der Waals surface area contributed by atoms with Crippen molar-refractivity contribution in [2.24, 2.45) is 0 Å². The Balaban J connectivity index is 2.36. The first-order chi connectivity index (χ1) is 8.41. The lowest BCUT2D eigenvalue weighted by Crippen LogP contribution is -2.28. The molecule has 3 nitrogen and oxygen atoms in total. The van der Waals surface area contributed by atoms with Gasteiger partial charge in [0.05, 0.1) is 11.0 Å². The lowest BCUT2D eigenvalue weighted by Gasteiger charge is -2.25. The number of carbonyl (C=O) groups is 1. The number of hydrogen-bond donors (Lipinski definition) is 1. The molecule has 1 aromatic rings. The number of hydrogen-bond acceptors (Lipinski definition) is 2. The normalized spacial score (nSPS) is 17.5. The third-order valence-electron chi connectivity index (χ3n) is 3.86. The van der Waals surface area contributed by atoms with E-state index in [0.29, 0.717) is 0 Å². The molecule has 0 aliphatic heterocycles. The van der Waals surface area contributed by atoms with Crippen molar-refractivity contribution < 1.29 is 14.6 Å². The maximum atomic E-state index is 11.4.